The molecule has 1 nitrogen and oxygen atoms in total. The Morgan fingerprint density at radius 1 is 1.36 bits per heavy atom. The summed E-state index contributed by atoms with van der Waals surface area (Å²) in [6.45, 7) is 8.00. The Morgan fingerprint density at radius 3 is 2.36 bits per heavy atom. The first-order chi connectivity index (χ1) is 5.29. The lowest BCUT2D eigenvalue weighted by Crippen LogP contribution is -2.35. The maximum absolute atomic E-state index is 3.55. The van der Waals surface area contributed by atoms with E-state index in [1.165, 1.54) is 19.3 Å². The largest absolute Gasteiger partial charge is 0.314 e. The lowest BCUT2D eigenvalue weighted by atomic mass is 9.95. The van der Waals surface area contributed by atoms with Crippen LogP contribution in [0.5, 0.6) is 0 Å². The van der Waals surface area contributed by atoms with Crippen LogP contribution in [0.25, 0.3) is 0 Å². The van der Waals surface area contributed by atoms with Crippen molar-refractivity contribution >= 4 is 0 Å². The fourth-order valence-corrected chi connectivity index (χ4v) is 1.91. The first kappa shape index (κ1) is 9.05. The fraction of sp³-hybridized carbons (Fsp3) is 1.00. The second-order valence-electron chi connectivity index (χ2n) is 3.77. The third-order valence-corrected chi connectivity index (χ3v) is 2.91. The van der Waals surface area contributed by atoms with Crippen molar-refractivity contribution in [3.8, 4) is 0 Å². The molecule has 0 aromatic rings. The topological polar surface area (TPSA) is 12.0 Å². The first-order valence-corrected chi connectivity index (χ1v) is 5.03. The summed E-state index contributed by atoms with van der Waals surface area (Å²) in [5.41, 5.74) is 0. The molecule has 66 valence electrons. The molecule has 1 N–H and O–H groups in total. The molecule has 0 radical (unpaired) electrons. The van der Waals surface area contributed by atoms with E-state index in [4.69, 9.17) is 0 Å². The van der Waals surface area contributed by atoms with E-state index < -0.39 is 0 Å². The summed E-state index contributed by atoms with van der Waals surface area (Å²) in [5.74, 6) is 1.94. The van der Waals surface area contributed by atoms with E-state index in [-0.39, 0.29) is 0 Å². The van der Waals surface area contributed by atoms with Gasteiger partial charge in [0, 0.05) is 6.04 Å². The molecule has 2 unspecified atom stereocenters. The average Bonchev–Trinajstić information content (AvgIpc) is 2.81. The van der Waals surface area contributed by atoms with Gasteiger partial charge >= 0.3 is 0 Å². The van der Waals surface area contributed by atoms with Crippen molar-refractivity contribution in [2.75, 3.05) is 6.54 Å². The van der Waals surface area contributed by atoms with Crippen molar-refractivity contribution in [3.63, 3.8) is 0 Å². The van der Waals surface area contributed by atoms with E-state index in [1.54, 1.807) is 0 Å². The molecule has 1 fully saturated rings. The van der Waals surface area contributed by atoms with Gasteiger partial charge in [-0.25, -0.2) is 0 Å². The molecule has 1 aliphatic carbocycles. The summed E-state index contributed by atoms with van der Waals surface area (Å²) in [7, 11) is 0. The molecule has 0 aromatic carbocycles. The standard InChI is InChI=1S/C10H21N/c1-4-10(11-5-2)8(3)9-6-7-9/h8-11H,4-7H2,1-3H3. The highest BCUT2D eigenvalue weighted by atomic mass is 14.9. The van der Waals surface area contributed by atoms with Gasteiger partial charge in [0.1, 0.15) is 0 Å². The molecule has 0 amide bonds. The van der Waals surface area contributed by atoms with Crippen molar-refractivity contribution in [1.82, 2.24) is 5.32 Å². The fourth-order valence-electron chi connectivity index (χ4n) is 1.91. The minimum atomic E-state index is 0.771. The van der Waals surface area contributed by atoms with E-state index in [1.807, 2.05) is 0 Å². The molecule has 0 aromatic heterocycles. The SMILES string of the molecule is CCNC(CC)C(C)C1CC1. The zero-order valence-electron chi connectivity index (χ0n) is 8.06. The first-order valence-electron chi connectivity index (χ1n) is 5.03. The Balaban J connectivity index is 2.26. The van der Waals surface area contributed by atoms with Crippen molar-refractivity contribution in [1.29, 1.82) is 0 Å². The van der Waals surface area contributed by atoms with Crippen LogP contribution >= 0.6 is 0 Å². The van der Waals surface area contributed by atoms with Gasteiger partial charge in [-0.3, -0.25) is 0 Å². The Labute approximate surface area is 70.6 Å². The quantitative estimate of drug-likeness (QED) is 0.643. The summed E-state index contributed by atoms with van der Waals surface area (Å²) in [6.07, 6.45) is 4.23. The van der Waals surface area contributed by atoms with E-state index in [0.717, 1.165) is 24.4 Å². The molecule has 0 saturated heterocycles. The molecule has 1 heteroatoms. The van der Waals surface area contributed by atoms with Gasteiger partial charge in [-0.05, 0) is 37.6 Å². The minimum Gasteiger partial charge on any atom is -0.314 e. The Bertz CT molecular complexity index is 107. The van der Waals surface area contributed by atoms with Gasteiger partial charge < -0.3 is 5.32 Å². The van der Waals surface area contributed by atoms with Crippen molar-refractivity contribution in [2.45, 2.75) is 46.1 Å². The Hall–Kier alpha value is -0.0400. The molecular formula is C10H21N. The molecule has 0 bridgehead atoms. The lowest BCUT2D eigenvalue weighted by molar-refractivity contribution is 0.338. The van der Waals surface area contributed by atoms with Gasteiger partial charge in [0.15, 0.2) is 0 Å². The highest BCUT2D eigenvalue weighted by Gasteiger charge is 2.31. The smallest absolute Gasteiger partial charge is 0.00925 e. The molecule has 0 spiro atoms. The van der Waals surface area contributed by atoms with Crippen molar-refractivity contribution in [2.24, 2.45) is 11.8 Å². The van der Waals surface area contributed by atoms with E-state index in [2.05, 4.69) is 26.1 Å². The molecule has 0 heterocycles. The predicted octanol–water partition coefficient (Wildman–Crippen LogP) is 2.42. The second kappa shape index (κ2) is 4.10. The molecule has 2 atom stereocenters. The zero-order valence-corrected chi connectivity index (χ0v) is 8.06. The minimum absolute atomic E-state index is 0.771. The lowest BCUT2D eigenvalue weighted by Gasteiger charge is -2.23. The zero-order chi connectivity index (χ0) is 8.27. The van der Waals surface area contributed by atoms with E-state index in [9.17, 15) is 0 Å². The Kier molecular flexibility index (Phi) is 3.38. The highest BCUT2D eigenvalue weighted by Crippen LogP contribution is 2.38. The van der Waals surface area contributed by atoms with E-state index >= 15 is 0 Å². The maximum Gasteiger partial charge on any atom is 0.00925 e. The number of rotatable bonds is 5. The van der Waals surface area contributed by atoms with Crippen molar-refractivity contribution in [3.05, 3.63) is 0 Å². The van der Waals surface area contributed by atoms with Gasteiger partial charge in [0.2, 0.25) is 0 Å². The number of hydrogen-bond donors (Lipinski definition) is 1. The average molecular weight is 155 g/mol. The molecule has 11 heavy (non-hydrogen) atoms. The highest BCUT2D eigenvalue weighted by molar-refractivity contribution is 4.85. The molecule has 1 aliphatic rings. The molecule has 1 rings (SSSR count). The third kappa shape index (κ3) is 2.48. The van der Waals surface area contributed by atoms with Gasteiger partial charge in [-0.15, -0.1) is 0 Å². The van der Waals surface area contributed by atoms with Crippen LogP contribution in [0.3, 0.4) is 0 Å². The van der Waals surface area contributed by atoms with Crippen LogP contribution in [-0.4, -0.2) is 12.6 Å². The van der Waals surface area contributed by atoms with Crippen LogP contribution in [0, 0.1) is 11.8 Å². The summed E-state index contributed by atoms with van der Waals surface area (Å²) in [4.78, 5) is 0. The maximum atomic E-state index is 3.55. The number of hydrogen-bond acceptors (Lipinski definition) is 1. The normalized spacial score (nSPS) is 23.2. The summed E-state index contributed by atoms with van der Waals surface area (Å²) in [6, 6.07) is 0.771. The molecule has 1 saturated carbocycles. The van der Waals surface area contributed by atoms with Crippen LogP contribution in [0.2, 0.25) is 0 Å². The predicted molar refractivity (Wildman–Crippen MR) is 49.6 cm³/mol. The van der Waals surface area contributed by atoms with Crippen LogP contribution in [0.15, 0.2) is 0 Å². The van der Waals surface area contributed by atoms with Crippen LogP contribution in [0.4, 0.5) is 0 Å². The number of nitrogens with one attached hydrogen (secondary N) is 1. The Morgan fingerprint density at radius 2 is 2.00 bits per heavy atom. The second-order valence-corrected chi connectivity index (χ2v) is 3.77. The van der Waals surface area contributed by atoms with Crippen LogP contribution in [-0.2, 0) is 0 Å². The molecular weight excluding hydrogens is 134 g/mol. The third-order valence-electron chi connectivity index (χ3n) is 2.91. The van der Waals surface area contributed by atoms with Crippen molar-refractivity contribution < 1.29 is 0 Å². The summed E-state index contributed by atoms with van der Waals surface area (Å²) in [5, 5.41) is 3.55. The van der Waals surface area contributed by atoms with E-state index in [0.29, 0.717) is 0 Å². The summed E-state index contributed by atoms with van der Waals surface area (Å²) >= 11 is 0. The van der Waals surface area contributed by atoms with Gasteiger partial charge in [-0.1, -0.05) is 20.8 Å². The van der Waals surface area contributed by atoms with Crippen LogP contribution in [0.1, 0.15) is 40.0 Å². The van der Waals surface area contributed by atoms with Crippen LogP contribution < -0.4 is 5.32 Å². The van der Waals surface area contributed by atoms with Gasteiger partial charge in [0.25, 0.3) is 0 Å². The monoisotopic (exact) mass is 155 g/mol. The summed E-state index contributed by atoms with van der Waals surface area (Å²) < 4.78 is 0. The van der Waals surface area contributed by atoms with Gasteiger partial charge in [-0.2, -0.15) is 0 Å². The molecule has 0 aliphatic heterocycles. The van der Waals surface area contributed by atoms with Gasteiger partial charge in [0.05, 0.1) is 0 Å².